The quantitative estimate of drug-likeness (QED) is 0.556. The third-order valence-electron chi connectivity index (χ3n) is 2.92. The Morgan fingerprint density at radius 2 is 2.42 bits per heavy atom. The maximum absolute atomic E-state index is 11.8. The molecule has 1 unspecified atom stereocenters. The molecular weight excluding hydrogens is 264 g/mol. The minimum Gasteiger partial charge on any atom is -0.385 e. The Morgan fingerprint density at radius 1 is 1.63 bits per heavy atom. The molecule has 0 bridgehead atoms. The summed E-state index contributed by atoms with van der Waals surface area (Å²) in [6.07, 6.45) is 3.20. The van der Waals surface area contributed by atoms with E-state index in [2.05, 4.69) is 20.5 Å². The van der Waals surface area contributed by atoms with Crippen LogP contribution in [0.3, 0.4) is 0 Å². The lowest BCUT2D eigenvalue weighted by Crippen LogP contribution is -2.32. The van der Waals surface area contributed by atoms with Crippen molar-refractivity contribution >= 4 is 17.7 Å². The van der Waals surface area contributed by atoms with E-state index in [1.807, 2.05) is 6.92 Å². The molecule has 2 N–H and O–H groups in total. The van der Waals surface area contributed by atoms with Crippen LogP contribution in [0.25, 0.3) is 0 Å². The molecule has 1 atom stereocenters. The normalized spacial score (nSPS) is 16.3. The summed E-state index contributed by atoms with van der Waals surface area (Å²) in [7, 11) is 1.65. The molecule has 1 fully saturated rings. The standard InChI is InChI=1S/C12H20N4O2S/c1-8(11(17)13-6-3-7-18-2)19-12-14-10(15-16-12)9-4-5-9/h8-9H,3-7H2,1-2H3,(H,13,17)(H,14,15,16). The van der Waals surface area contributed by atoms with Crippen LogP contribution in [0.5, 0.6) is 0 Å². The zero-order valence-corrected chi connectivity index (χ0v) is 12.1. The van der Waals surface area contributed by atoms with E-state index in [1.165, 1.54) is 24.6 Å². The summed E-state index contributed by atoms with van der Waals surface area (Å²) >= 11 is 1.38. The van der Waals surface area contributed by atoms with E-state index in [0.29, 0.717) is 24.2 Å². The van der Waals surface area contributed by atoms with Gasteiger partial charge in [0, 0.05) is 26.2 Å². The predicted octanol–water partition coefficient (Wildman–Crippen LogP) is 1.32. The van der Waals surface area contributed by atoms with Crippen molar-refractivity contribution in [3.63, 3.8) is 0 Å². The van der Waals surface area contributed by atoms with Crippen molar-refractivity contribution in [1.82, 2.24) is 20.5 Å². The van der Waals surface area contributed by atoms with E-state index in [1.54, 1.807) is 7.11 Å². The summed E-state index contributed by atoms with van der Waals surface area (Å²) in [4.78, 5) is 16.2. The summed E-state index contributed by atoms with van der Waals surface area (Å²) in [5, 5.41) is 10.4. The Morgan fingerprint density at radius 3 is 3.11 bits per heavy atom. The van der Waals surface area contributed by atoms with Gasteiger partial charge in [0.25, 0.3) is 0 Å². The zero-order chi connectivity index (χ0) is 13.7. The van der Waals surface area contributed by atoms with E-state index >= 15 is 0 Å². The van der Waals surface area contributed by atoms with Gasteiger partial charge in [-0.2, -0.15) is 0 Å². The first kappa shape index (κ1) is 14.3. The van der Waals surface area contributed by atoms with Crippen molar-refractivity contribution in [2.45, 2.75) is 42.5 Å². The van der Waals surface area contributed by atoms with Crippen LogP contribution >= 0.6 is 11.8 Å². The van der Waals surface area contributed by atoms with E-state index in [-0.39, 0.29) is 11.2 Å². The fourth-order valence-corrected chi connectivity index (χ4v) is 2.39. The van der Waals surface area contributed by atoms with Crippen LogP contribution in [0, 0.1) is 0 Å². The lowest BCUT2D eigenvalue weighted by Gasteiger charge is -2.09. The number of hydrogen-bond donors (Lipinski definition) is 2. The molecule has 0 saturated heterocycles. The van der Waals surface area contributed by atoms with Crippen LogP contribution < -0.4 is 5.32 Å². The van der Waals surface area contributed by atoms with Gasteiger partial charge in [0.1, 0.15) is 5.82 Å². The number of aromatic amines is 1. The lowest BCUT2D eigenvalue weighted by atomic mass is 10.4. The number of amides is 1. The lowest BCUT2D eigenvalue weighted by molar-refractivity contribution is -0.120. The van der Waals surface area contributed by atoms with Crippen molar-refractivity contribution in [3.05, 3.63) is 5.82 Å². The second-order valence-electron chi connectivity index (χ2n) is 4.67. The number of hydrogen-bond acceptors (Lipinski definition) is 5. The van der Waals surface area contributed by atoms with Crippen LogP contribution in [-0.2, 0) is 9.53 Å². The smallest absolute Gasteiger partial charge is 0.233 e. The van der Waals surface area contributed by atoms with Gasteiger partial charge in [-0.05, 0) is 26.2 Å². The highest BCUT2D eigenvalue weighted by atomic mass is 32.2. The number of carbonyl (C=O) groups is 1. The van der Waals surface area contributed by atoms with Crippen molar-refractivity contribution in [1.29, 1.82) is 0 Å². The number of carbonyl (C=O) groups excluding carboxylic acids is 1. The zero-order valence-electron chi connectivity index (χ0n) is 11.3. The topological polar surface area (TPSA) is 79.9 Å². The minimum atomic E-state index is -0.189. The molecule has 1 aliphatic rings. The number of nitrogens with zero attached hydrogens (tertiary/aromatic N) is 2. The van der Waals surface area contributed by atoms with E-state index in [0.717, 1.165) is 12.2 Å². The second-order valence-corrected chi connectivity index (χ2v) is 5.98. The fourth-order valence-electron chi connectivity index (χ4n) is 1.63. The first-order valence-electron chi connectivity index (χ1n) is 6.56. The maximum Gasteiger partial charge on any atom is 0.233 e. The minimum absolute atomic E-state index is 0.0128. The van der Waals surface area contributed by atoms with Gasteiger partial charge in [0.2, 0.25) is 11.1 Å². The molecule has 0 spiro atoms. The van der Waals surface area contributed by atoms with E-state index in [9.17, 15) is 4.79 Å². The Balaban J connectivity index is 1.72. The van der Waals surface area contributed by atoms with Crippen molar-refractivity contribution in [2.24, 2.45) is 0 Å². The number of thioether (sulfide) groups is 1. The molecule has 0 radical (unpaired) electrons. The average Bonchev–Trinajstić information content (AvgIpc) is 3.15. The molecule has 1 amide bonds. The SMILES string of the molecule is COCCCNC(=O)C(C)Sc1n[nH]c(C2CC2)n1. The number of methoxy groups -OCH3 is 1. The molecule has 6 nitrogen and oxygen atoms in total. The molecule has 1 saturated carbocycles. The second kappa shape index (κ2) is 6.91. The summed E-state index contributed by atoms with van der Waals surface area (Å²) < 4.78 is 4.93. The van der Waals surface area contributed by atoms with Crippen LogP contribution in [0.4, 0.5) is 0 Å². The van der Waals surface area contributed by atoms with Crippen molar-refractivity contribution in [3.8, 4) is 0 Å². The Hall–Kier alpha value is -1.08. The molecule has 2 rings (SSSR count). The number of rotatable bonds is 8. The van der Waals surface area contributed by atoms with Gasteiger partial charge in [0.05, 0.1) is 5.25 Å². The summed E-state index contributed by atoms with van der Waals surface area (Å²) in [5.74, 6) is 1.52. The fraction of sp³-hybridized carbons (Fsp3) is 0.750. The van der Waals surface area contributed by atoms with Crippen LogP contribution in [0.15, 0.2) is 5.16 Å². The van der Waals surface area contributed by atoms with E-state index < -0.39 is 0 Å². The Kier molecular flexibility index (Phi) is 5.21. The van der Waals surface area contributed by atoms with Gasteiger partial charge in [-0.1, -0.05) is 11.8 Å². The first-order valence-corrected chi connectivity index (χ1v) is 7.44. The average molecular weight is 284 g/mol. The van der Waals surface area contributed by atoms with Crippen LogP contribution in [0.1, 0.15) is 37.9 Å². The number of H-pyrrole nitrogens is 1. The highest BCUT2D eigenvalue weighted by molar-refractivity contribution is 8.00. The van der Waals surface area contributed by atoms with E-state index in [4.69, 9.17) is 4.74 Å². The summed E-state index contributed by atoms with van der Waals surface area (Å²) in [5.41, 5.74) is 0. The monoisotopic (exact) mass is 284 g/mol. The number of ether oxygens (including phenoxy) is 1. The molecule has 106 valence electrons. The van der Waals surface area contributed by atoms with Gasteiger partial charge in [0.15, 0.2) is 0 Å². The Bertz CT molecular complexity index is 420. The van der Waals surface area contributed by atoms with Crippen molar-refractivity contribution < 1.29 is 9.53 Å². The molecule has 1 aromatic rings. The summed E-state index contributed by atoms with van der Waals surface area (Å²) in [6.45, 7) is 3.16. The van der Waals surface area contributed by atoms with Gasteiger partial charge in [-0.15, -0.1) is 5.10 Å². The van der Waals surface area contributed by atoms with Gasteiger partial charge >= 0.3 is 0 Å². The molecule has 7 heteroatoms. The van der Waals surface area contributed by atoms with Crippen molar-refractivity contribution in [2.75, 3.05) is 20.3 Å². The molecule has 1 heterocycles. The largest absolute Gasteiger partial charge is 0.385 e. The van der Waals surface area contributed by atoms with Gasteiger partial charge in [-0.3, -0.25) is 9.89 Å². The molecule has 0 aromatic carbocycles. The summed E-state index contributed by atoms with van der Waals surface area (Å²) in [6, 6.07) is 0. The number of aromatic nitrogens is 3. The molecule has 1 aromatic heterocycles. The highest BCUT2D eigenvalue weighted by Crippen LogP contribution is 2.38. The Labute approximate surface area is 117 Å². The molecule has 19 heavy (non-hydrogen) atoms. The molecule has 0 aliphatic heterocycles. The predicted molar refractivity (Wildman–Crippen MR) is 73.2 cm³/mol. The molecular formula is C12H20N4O2S. The van der Waals surface area contributed by atoms with Crippen LogP contribution in [-0.4, -0.2) is 46.6 Å². The van der Waals surface area contributed by atoms with Gasteiger partial charge in [-0.25, -0.2) is 4.98 Å². The van der Waals surface area contributed by atoms with Crippen LogP contribution in [0.2, 0.25) is 0 Å². The maximum atomic E-state index is 11.8. The third kappa shape index (κ3) is 4.50. The highest BCUT2D eigenvalue weighted by Gasteiger charge is 2.27. The molecule has 1 aliphatic carbocycles. The number of nitrogens with one attached hydrogen (secondary N) is 2. The van der Waals surface area contributed by atoms with Gasteiger partial charge < -0.3 is 10.1 Å². The third-order valence-corrected chi connectivity index (χ3v) is 3.88. The first-order chi connectivity index (χ1) is 9.20.